The van der Waals surface area contributed by atoms with Crippen LogP contribution in [0, 0.1) is 5.92 Å². The average molecular weight is 409 g/mol. The second-order valence-corrected chi connectivity index (χ2v) is 7.39. The van der Waals surface area contributed by atoms with Crippen molar-refractivity contribution in [2.45, 2.75) is 12.6 Å². The molecule has 0 bridgehead atoms. The third kappa shape index (κ3) is 4.40. The highest BCUT2D eigenvalue weighted by atomic mass is 35.5. The molecule has 2 unspecified atom stereocenters. The Bertz CT molecular complexity index is 1070. The molecule has 2 heterocycles. The number of pyridine rings is 1. The van der Waals surface area contributed by atoms with Crippen LogP contribution in [0.4, 0.5) is 5.69 Å². The molecular weight excluding hydrogens is 388 g/mol. The summed E-state index contributed by atoms with van der Waals surface area (Å²) in [5.74, 6) is -0.388. The van der Waals surface area contributed by atoms with Crippen molar-refractivity contribution in [1.82, 2.24) is 15.4 Å². The quantitative estimate of drug-likeness (QED) is 0.606. The third-order valence-corrected chi connectivity index (χ3v) is 5.40. The van der Waals surface area contributed by atoms with Crippen LogP contribution in [0.25, 0.3) is 0 Å². The number of hydrogen-bond acceptors (Lipinski definition) is 4. The van der Waals surface area contributed by atoms with Crippen molar-refractivity contribution in [1.29, 1.82) is 0 Å². The summed E-state index contributed by atoms with van der Waals surface area (Å²) >= 11 is 6.21. The van der Waals surface area contributed by atoms with Crippen molar-refractivity contribution >= 4 is 23.2 Å². The van der Waals surface area contributed by atoms with Gasteiger partial charge in [0.2, 0.25) is 5.91 Å². The second kappa shape index (κ2) is 8.61. The van der Waals surface area contributed by atoms with E-state index >= 15 is 0 Å². The minimum atomic E-state index is -0.277. The fourth-order valence-corrected chi connectivity index (χ4v) is 3.69. The first-order valence-corrected chi connectivity index (χ1v) is 9.78. The highest BCUT2D eigenvalue weighted by Gasteiger charge is 2.33. The summed E-state index contributed by atoms with van der Waals surface area (Å²) in [6.07, 6.45) is 1.65. The molecule has 1 aromatic heterocycles. The summed E-state index contributed by atoms with van der Waals surface area (Å²) in [4.78, 5) is 25.2. The zero-order valence-corrected chi connectivity index (χ0v) is 16.4. The van der Waals surface area contributed by atoms with E-state index in [0.717, 1.165) is 11.1 Å². The Hall–Kier alpha value is -2.93. The zero-order valence-electron chi connectivity index (χ0n) is 15.6. The Kier molecular flexibility index (Phi) is 5.76. The number of aromatic nitrogens is 1. The Morgan fingerprint density at radius 3 is 2.62 bits per heavy atom. The monoisotopic (exact) mass is 408 g/mol. The number of amides is 1. The van der Waals surface area contributed by atoms with Gasteiger partial charge in [-0.25, -0.2) is 5.43 Å². The van der Waals surface area contributed by atoms with Crippen LogP contribution in [0.2, 0.25) is 5.02 Å². The summed E-state index contributed by atoms with van der Waals surface area (Å²) < 4.78 is 1.54. The largest absolute Gasteiger partial charge is 0.324 e. The first-order chi connectivity index (χ1) is 14.1. The Labute approximate surface area is 173 Å². The zero-order chi connectivity index (χ0) is 20.2. The number of benzene rings is 2. The van der Waals surface area contributed by atoms with Crippen molar-refractivity contribution in [2.75, 3.05) is 11.9 Å². The van der Waals surface area contributed by atoms with Crippen LogP contribution < -0.4 is 21.7 Å². The van der Waals surface area contributed by atoms with Crippen LogP contribution in [0.5, 0.6) is 0 Å². The molecule has 1 fully saturated rings. The molecule has 0 spiro atoms. The number of nitrogens with zero attached hydrogens (tertiary/aromatic N) is 1. The SMILES string of the molecule is O=C(Nc1ccc(=O)n(Cc2ccccc2Cl)c1)C1CNNC1c1ccccc1. The molecule has 148 valence electrons. The molecule has 2 aromatic carbocycles. The van der Waals surface area contributed by atoms with Gasteiger partial charge >= 0.3 is 0 Å². The molecule has 0 saturated carbocycles. The lowest BCUT2D eigenvalue weighted by Crippen LogP contribution is -2.30. The van der Waals surface area contributed by atoms with E-state index in [1.165, 1.54) is 10.6 Å². The summed E-state index contributed by atoms with van der Waals surface area (Å²) in [5.41, 5.74) is 8.53. The van der Waals surface area contributed by atoms with Gasteiger partial charge in [-0.15, -0.1) is 0 Å². The topological polar surface area (TPSA) is 75.2 Å². The molecule has 3 N–H and O–H groups in total. The number of nitrogens with one attached hydrogen (secondary N) is 3. The van der Waals surface area contributed by atoms with Crippen LogP contribution in [-0.4, -0.2) is 17.0 Å². The van der Waals surface area contributed by atoms with Gasteiger partial charge in [0, 0.05) is 23.8 Å². The molecular formula is C22H21ClN4O2. The fraction of sp³-hybridized carbons (Fsp3) is 0.182. The van der Waals surface area contributed by atoms with E-state index in [-0.39, 0.29) is 23.4 Å². The van der Waals surface area contributed by atoms with Gasteiger partial charge in [0.25, 0.3) is 5.56 Å². The van der Waals surface area contributed by atoms with E-state index < -0.39 is 0 Å². The Balaban J connectivity index is 1.51. The number of rotatable bonds is 5. The van der Waals surface area contributed by atoms with Crippen LogP contribution in [0.1, 0.15) is 17.2 Å². The van der Waals surface area contributed by atoms with Crippen molar-refractivity contribution in [2.24, 2.45) is 5.92 Å². The molecule has 1 amide bonds. The number of carbonyl (C=O) groups excluding carboxylic acids is 1. The normalized spacial score (nSPS) is 18.5. The predicted molar refractivity (Wildman–Crippen MR) is 114 cm³/mol. The highest BCUT2D eigenvalue weighted by molar-refractivity contribution is 6.31. The van der Waals surface area contributed by atoms with Gasteiger partial charge in [-0.2, -0.15) is 0 Å². The number of anilines is 1. The molecule has 2 atom stereocenters. The average Bonchev–Trinajstić information content (AvgIpc) is 3.23. The molecule has 1 aliphatic rings. The molecule has 4 rings (SSSR count). The van der Waals surface area contributed by atoms with Crippen molar-refractivity contribution in [3.63, 3.8) is 0 Å². The molecule has 29 heavy (non-hydrogen) atoms. The maximum Gasteiger partial charge on any atom is 0.250 e. The first kappa shape index (κ1) is 19.4. The number of halogens is 1. The van der Waals surface area contributed by atoms with Gasteiger partial charge < -0.3 is 9.88 Å². The molecule has 6 nitrogen and oxygen atoms in total. The van der Waals surface area contributed by atoms with Crippen LogP contribution in [0.15, 0.2) is 77.7 Å². The molecule has 1 saturated heterocycles. The maximum absolute atomic E-state index is 12.9. The second-order valence-electron chi connectivity index (χ2n) is 6.98. The number of hydrazine groups is 1. The van der Waals surface area contributed by atoms with Gasteiger partial charge in [0.1, 0.15) is 0 Å². The minimum Gasteiger partial charge on any atom is -0.324 e. The van der Waals surface area contributed by atoms with Gasteiger partial charge in [0.15, 0.2) is 0 Å². The summed E-state index contributed by atoms with van der Waals surface area (Å²) in [5, 5.41) is 3.54. The van der Waals surface area contributed by atoms with Crippen LogP contribution in [-0.2, 0) is 11.3 Å². The summed E-state index contributed by atoms with van der Waals surface area (Å²) in [6, 6.07) is 20.2. The Morgan fingerprint density at radius 2 is 1.83 bits per heavy atom. The van der Waals surface area contributed by atoms with Crippen molar-refractivity contribution < 1.29 is 4.79 Å². The van der Waals surface area contributed by atoms with E-state index in [2.05, 4.69) is 16.2 Å². The van der Waals surface area contributed by atoms with Crippen LogP contribution >= 0.6 is 11.6 Å². The van der Waals surface area contributed by atoms with Gasteiger partial charge in [-0.3, -0.25) is 15.0 Å². The summed E-state index contributed by atoms with van der Waals surface area (Å²) in [6.45, 7) is 0.853. The lowest BCUT2D eigenvalue weighted by atomic mass is 9.94. The van der Waals surface area contributed by atoms with E-state index in [0.29, 0.717) is 23.8 Å². The molecule has 0 aliphatic carbocycles. The van der Waals surface area contributed by atoms with Gasteiger partial charge in [0.05, 0.1) is 24.2 Å². The molecule has 3 aromatic rings. The maximum atomic E-state index is 12.9. The Morgan fingerprint density at radius 1 is 1.07 bits per heavy atom. The van der Waals surface area contributed by atoms with Crippen LogP contribution in [0.3, 0.4) is 0 Å². The fourth-order valence-electron chi connectivity index (χ4n) is 3.49. The third-order valence-electron chi connectivity index (χ3n) is 5.03. The number of hydrogen-bond donors (Lipinski definition) is 3. The van der Waals surface area contributed by atoms with E-state index in [9.17, 15) is 9.59 Å². The van der Waals surface area contributed by atoms with Gasteiger partial charge in [-0.05, 0) is 23.3 Å². The van der Waals surface area contributed by atoms with Gasteiger partial charge in [-0.1, -0.05) is 60.1 Å². The summed E-state index contributed by atoms with van der Waals surface area (Å²) in [7, 11) is 0. The molecule has 7 heteroatoms. The molecule has 0 radical (unpaired) electrons. The van der Waals surface area contributed by atoms with E-state index in [1.54, 1.807) is 18.3 Å². The van der Waals surface area contributed by atoms with Crippen molar-refractivity contribution in [3.05, 3.63) is 99.4 Å². The lowest BCUT2D eigenvalue weighted by Gasteiger charge is -2.19. The lowest BCUT2D eigenvalue weighted by molar-refractivity contribution is -0.119. The van der Waals surface area contributed by atoms with Crippen molar-refractivity contribution in [3.8, 4) is 0 Å². The number of carbonyl (C=O) groups is 1. The molecule has 1 aliphatic heterocycles. The highest BCUT2D eigenvalue weighted by Crippen LogP contribution is 2.26. The first-order valence-electron chi connectivity index (χ1n) is 9.40. The smallest absolute Gasteiger partial charge is 0.250 e. The van der Waals surface area contributed by atoms with E-state index in [1.807, 2.05) is 48.5 Å². The van der Waals surface area contributed by atoms with E-state index in [4.69, 9.17) is 11.6 Å². The predicted octanol–water partition coefficient (Wildman–Crippen LogP) is 2.95. The minimum absolute atomic E-state index is 0.112. The standard InChI is InChI=1S/C22H21ClN4O2/c23-19-9-5-4-8-16(19)13-27-14-17(10-11-20(27)28)25-22(29)18-12-24-26-21(18)15-6-2-1-3-7-15/h1-11,14,18,21,24,26H,12-13H2,(H,25,29).